The Hall–Kier alpha value is -4.21. The number of rotatable bonds is 15. The summed E-state index contributed by atoms with van der Waals surface area (Å²) in [6, 6.07) is 35.6. The number of hydrogen-bond acceptors (Lipinski definition) is 6. The summed E-state index contributed by atoms with van der Waals surface area (Å²) in [6.07, 6.45) is 0.0807. The third kappa shape index (κ3) is 9.23. The number of benzene rings is 4. The summed E-state index contributed by atoms with van der Waals surface area (Å²) < 4.78 is 13.3. The fourth-order valence-corrected chi connectivity index (χ4v) is 6.67. The monoisotopic (exact) mass is 663 g/mol. The van der Waals surface area contributed by atoms with Crippen LogP contribution in [0.4, 0.5) is 5.69 Å². The van der Waals surface area contributed by atoms with Gasteiger partial charge in [0.25, 0.3) is 0 Å². The summed E-state index contributed by atoms with van der Waals surface area (Å²) in [4.78, 5) is 15.5. The molecule has 1 heterocycles. The SMILES string of the molecule is CC(C)(C)[Si](C)(C)O[C@@H](CNCCc1ccc(NCC(O)c2ccccc2)cc1)c1ccc(OCc2ccccc2)c2[nH]c(=O)ccc12. The first-order valence-electron chi connectivity index (χ1n) is 16.8. The van der Waals surface area contributed by atoms with Crippen molar-refractivity contribution in [3.05, 3.63) is 142 Å². The van der Waals surface area contributed by atoms with E-state index in [4.69, 9.17) is 9.16 Å². The number of aromatic amines is 1. The molecule has 1 aromatic heterocycles. The fourth-order valence-electron chi connectivity index (χ4n) is 5.39. The van der Waals surface area contributed by atoms with Crippen LogP contribution in [0.25, 0.3) is 10.9 Å². The number of nitrogens with one attached hydrogen (secondary N) is 3. The van der Waals surface area contributed by atoms with Gasteiger partial charge < -0.3 is 29.9 Å². The number of aliphatic hydroxyl groups excluding tert-OH is 1. The Morgan fingerprint density at radius 3 is 2.19 bits per heavy atom. The molecule has 0 bridgehead atoms. The van der Waals surface area contributed by atoms with E-state index in [1.807, 2.05) is 72.8 Å². The van der Waals surface area contributed by atoms with Gasteiger partial charge >= 0.3 is 0 Å². The van der Waals surface area contributed by atoms with E-state index in [9.17, 15) is 9.90 Å². The molecule has 0 radical (unpaired) electrons. The topological polar surface area (TPSA) is 95.6 Å². The van der Waals surface area contributed by atoms with Crippen molar-refractivity contribution in [2.45, 2.75) is 64.1 Å². The van der Waals surface area contributed by atoms with E-state index >= 15 is 0 Å². The molecule has 48 heavy (non-hydrogen) atoms. The van der Waals surface area contributed by atoms with Gasteiger partial charge in [0.15, 0.2) is 8.32 Å². The van der Waals surface area contributed by atoms with Crippen molar-refractivity contribution < 1.29 is 14.3 Å². The summed E-state index contributed by atoms with van der Waals surface area (Å²) in [5, 5.41) is 18.4. The highest BCUT2D eigenvalue weighted by Crippen LogP contribution is 2.41. The fraction of sp³-hybridized carbons (Fsp3) is 0.325. The zero-order chi connectivity index (χ0) is 34.1. The standard InChI is InChI=1S/C40H49N3O4Si/c1-40(2,3)48(4,5)47-37(27-41-25-24-29-16-18-32(19-17-29)42-26-35(44)31-14-10-7-11-15-31)33-20-22-36(39-34(33)21-23-38(45)43-39)46-28-30-12-8-6-9-13-30/h6-23,35,37,41-42,44H,24-28H2,1-5H3,(H,43,45)/t35?,37-/m0/s1. The maximum Gasteiger partial charge on any atom is 0.248 e. The maximum atomic E-state index is 12.5. The van der Waals surface area contributed by atoms with Gasteiger partial charge in [0.2, 0.25) is 5.56 Å². The minimum absolute atomic E-state index is 0.0288. The predicted octanol–water partition coefficient (Wildman–Crippen LogP) is 8.15. The second-order valence-corrected chi connectivity index (χ2v) is 18.6. The largest absolute Gasteiger partial charge is 0.487 e. The van der Waals surface area contributed by atoms with E-state index in [1.54, 1.807) is 6.07 Å². The Labute approximate surface area is 285 Å². The molecule has 5 aromatic rings. The lowest BCUT2D eigenvalue weighted by molar-refractivity contribution is 0.182. The molecule has 0 fully saturated rings. The molecule has 252 valence electrons. The highest BCUT2D eigenvalue weighted by molar-refractivity contribution is 6.74. The lowest BCUT2D eigenvalue weighted by atomic mass is 10.0. The van der Waals surface area contributed by atoms with Crippen LogP contribution in [0.2, 0.25) is 18.1 Å². The van der Waals surface area contributed by atoms with Crippen molar-refractivity contribution >= 4 is 24.9 Å². The van der Waals surface area contributed by atoms with E-state index < -0.39 is 14.4 Å². The minimum atomic E-state index is -2.16. The van der Waals surface area contributed by atoms with Gasteiger partial charge in [-0.25, -0.2) is 0 Å². The minimum Gasteiger partial charge on any atom is -0.487 e. The lowest BCUT2D eigenvalue weighted by Crippen LogP contribution is -2.43. The van der Waals surface area contributed by atoms with Crippen LogP contribution in [-0.2, 0) is 17.5 Å². The Morgan fingerprint density at radius 2 is 1.50 bits per heavy atom. The smallest absolute Gasteiger partial charge is 0.248 e. The average Bonchev–Trinajstić information content (AvgIpc) is 3.08. The van der Waals surface area contributed by atoms with Crippen molar-refractivity contribution in [1.82, 2.24) is 10.3 Å². The molecule has 4 N–H and O–H groups in total. The second-order valence-electron chi connectivity index (χ2n) is 13.9. The molecule has 4 aromatic carbocycles. The molecule has 1 unspecified atom stereocenters. The van der Waals surface area contributed by atoms with Crippen LogP contribution in [0.1, 0.15) is 55.2 Å². The number of pyridine rings is 1. The van der Waals surface area contributed by atoms with Crippen LogP contribution in [-0.4, -0.2) is 38.0 Å². The number of anilines is 1. The summed E-state index contributed by atoms with van der Waals surface area (Å²) in [6.45, 7) is 13.6. The van der Waals surface area contributed by atoms with Crippen LogP contribution in [0.15, 0.2) is 114 Å². The van der Waals surface area contributed by atoms with Gasteiger partial charge in [-0.2, -0.15) is 0 Å². The van der Waals surface area contributed by atoms with E-state index in [0.717, 1.165) is 40.7 Å². The highest BCUT2D eigenvalue weighted by atomic mass is 28.4. The first kappa shape index (κ1) is 35.1. The normalized spacial score (nSPS) is 13.3. The summed E-state index contributed by atoms with van der Waals surface area (Å²) >= 11 is 0. The third-order valence-corrected chi connectivity index (χ3v) is 13.8. The average molecular weight is 664 g/mol. The lowest BCUT2D eigenvalue weighted by Gasteiger charge is -2.39. The van der Waals surface area contributed by atoms with Gasteiger partial charge in [-0.05, 0) is 77.6 Å². The molecular weight excluding hydrogens is 615 g/mol. The van der Waals surface area contributed by atoms with Crippen LogP contribution < -0.4 is 20.9 Å². The van der Waals surface area contributed by atoms with Gasteiger partial charge in [-0.1, -0.05) is 99.6 Å². The number of H-pyrrole nitrogens is 1. The zero-order valence-corrected chi connectivity index (χ0v) is 29.8. The zero-order valence-electron chi connectivity index (χ0n) is 28.8. The molecule has 0 saturated carbocycles. The molecule has 0 amide bonds. The van der Waals surface area contributed by atoms with Crippen molar-refractivity contribution in [1.29, 1.82) is 0 Å². The van der Waals surface area contributed by atoms with E-state index in [1.165, 1.54) is 5.56 Å². The van der Waals surface area contributed by atoms with Gasteiger partial charge in [-0.15, -0.1) is 0 Å². The molecule has 5 rings (SSSR count). The molecule has 8 heteroatoms. The Balaban J connectivity index is 1.27. The van der Waals surface area contributed by atoms with Crippen molar-refractivity contribution in [3.63, 3.8) is 0 Å². The first-order chi connectivity index (χ1) is 23.0. The van der Waals surface area contributed by atoms with E-state index in [0.29, 0.717) is 31.0 Å². The highest BCUT2D eigenvalue weighted by Gasteiger charge is 2.39. The Kier molecular flexibility index (Phi) is 11.5. The number of ether oxygens (including phenoxy) is 1. The molecule has 0 aliphatic rings. The number of hydrogen-bond donors (Lipinski definition) is 4. The van der Waals surface area contributed by atoms with E-state index in [2.05, 4.69) is 79.8 Å². The molecule has 2 atom stereocenters. The van der Waals surface area contributed by atoms with E-state index in [-0.39, 0.29) is 16.7 Å². The Morgan fingerprint density at radius 1 is 0.812 bits per heavy atom. The van der Waals surface area contributed by atoms with Gasteiger partial charge in [0, 0.05) is 30.2 Å². The molecule has 0 aliphatic heterocycles. The van der Waals surface area contributed by atoms with Crippen LogP contribution >= 0.6 is 0 Å². The summed E-state index contributed by atoms with van der Waals surface area (Å²) in [5.41, 5.74) is 5.70. The predicted molar refractivity (Wildman–Crippen MR) is 199 cm³/mol. The second kappa shape index (κ2) is 15.8. The number of fused-ring (bicyclic) bond motifs is 1. The van der Waals surface area contributed by atoms with Gasteiger partial charge in [0.05, 0.1) is 17.7 Å². The molecule has 0 aliphatic carbocycles. The van der Waals surface area contributed by atoms with Crippen molar-refractivity contribution in [3.8, 4) is 5.75 Å². The number of aromatic nitrogens is 1. The van der Waals surface area contributed by atoms with Crippen LogP contribution in [0, 0.1) is 0 Å². The van der Waals surface area contributed by atoms with Crippen LogP contribution in [0.3, 0.4) is 0 Å². The molecule has 0 spiro atoms. The summed E-state index contributed by atoms with van der Waals surface area (Å²) in [7, 11) is -2.16. The molecular formula is C40H49N3O4Si. The van der Waals surface area contributed by atoms with Gasteiger partial charge in [0.1, 0.15) is 12.4 Å². The van der Waals surface area contributed by atoms with Crippen molar-refractivity contribution in [2.24, 2.45) is 0 Å². The maximum absolute atomic E-state index is 12.5. The molecule has 0 saturated heterocycles. The quantitative estimate of drug-likeness (QED) is 0.0667. The van der Waals surface area contributed by atoms with Crippen LogP contribution in [0.5, 0.6) is 5.75 Å². The number of aliphatic hydroxyl groups is 1. The van der Waals surface area contributed by atoms with Crippen molar-refractivity contribution in [2.75, 3.05) is 25.0 Å². The first-order valence-corrected chi connectivity index (χ1v) is 19.7. The van der Waals surface area contributed by atoms with Gasteiger partial charge in [-0.3, -0.25) is 4.79 Å². The third-order valence-electron chi connectivity index (χ3n) is 9.28. The summed E-state index contributed by atoms with van der Waals surface area (Å²) in [5.74, 6) is 0.641. The molecule has 7 nitrogen and oxygen atoms in total. The Bertz CT molecular complexity index is 1800.